The Labute approximate surface area is 160 Å². The molecule has 0 saturated carbocycles. The molecule has 2 aromatic carbocycles. The Morgan fingerprint density at radius 1 is 1.18 bits per heavy atom. The quantitative estimate of drug-likeness (QED) is 0.836. The molecule has 2 aromatic rings. The number of fused-ring (bicyclic) bond motifs is 1. The number of halogens is 3. The van der Waals surface area contributed by atoms with Crippen LogP contribution in [0.2, 0.25) is 0 Å². The monoisotopic (exact) mass is 391 g/mol. The minimum absolute atomic E-state index is 0.0653. The summed E-state index contributed by atoms with van der Waals surface area (Å²) < 4.78 is 40.3. The smallest absolute Gasteiger partial charge is 0.326 e. The molecule has 0 spiro atoms. The van der Waals surface area contributed by atoms with Gasteiger partial charge in [-0.3, -0.25) is 9.59 Å². The molecule has 8 heteroatoms. The predicted octanol–water partition coefficient (Wildman–Crippen LogP) is 3.68. The average molecular weight is 391 g/mol. The second kappa shape index (κ2) is 7.63. The highest BCUT2D eigenvalue weighted by molar-refractivity contribution is 5.98. The maximum absolute atomic E-state index is 13.4. The van der Waals surface area contributed by atoms with E-state index in [4.69, 9.17) is 0 Å². The van der Waals surface area contributed by atoms with Crippen molar-refractivity contribution in [3.8, 4) is 0 Å². The van der Waals surface area contributed by atoms with E-state index in [0.717, 1.165) is 6.07 Å². The molecule has 0 aliphatic carbocycles. The number of benzene rings is 2. The zero-order valence-electron chi connectivity index (χ0n) is 15.4. The van der Waals surface area contributed by atoms with Crippen LogP contribution in [0.15, 0.2) is 42.5 Å². The van der Waals surface area contributed by atoms with Gasteiger partial charge in [-0.15, -0.1) is 0 Å². The SMILES string of the molecule is CN(C)CC(=O)Nc1ccc2c(c1)NC(=O)CC2c1ccccc1C(F)(F)F. The third-order valence-electron chi connectivity index (χ3n) is 4.48. The third kappa shape index (κ3) is 4.33. The summed E-state index contributed by atoms with van der Waals surface area (Å²) in [6.45, 7) is 0.186. The van der Waals surface area contributed by atoms with Crippen LogP contribution in [0.25, 0.3) is 0 Å². The summed E-state index contributed by atoms with van der Waals surface area (Å²) in [7, 11) is 3.52. The Morgan fingerprint density at radius 2 is 1.89 bits per heavy atom. The predicted molar refractivity (Wildman–Crippen MR) is 100 cm³/mol. The molecule has 28 heavy (non-hydrogen) atoms. The van der Waals surface area contributed by atoms with Crippen LogP contribution in [-0.4, -0.2) is 37.4 Å². The summed E-state index contributed by atoms with van der Waals surface area (Å²) in [5, 5.41) is 5.41. The lowest BCUT2D eigenvalue weighted by molar-refractivity contribution is -0.138. The van der Waals surface area contributed by atoms with Crippen LogP contribution >= 0.6 is 0 Å². The first-order valence-corrected chi connectivity index (χ1v) is 8.69. The van der Waals surface area contributed by atoms with Gasteiger partial charge in [0, 0.05) is 23.7 Å². The van der Waals surface area contributed by atoms with Gasteiger partial charge in [-0.2, -0.15) is 13.2 Å². The van der Waals surface area contributed by atoms with Crippen LogP contribution in [0, 0.1) is 0 Å². The molecule has 0 radical (unpaired) electrons. The number of nitrogens with zero attached hydrogens (tertiary/aromatic N) is 1. The van der Waals surface area contributed by atoms with Crippen molar-refractivity contribution in [3.05, 3.63) is 59.2 Å². The number of carbonyl (C=O) groups is 2. The van der Waals surface area contributed by atoms with Crippen molar-refractivity contribution < 1.29 is 22.8 Å². The Balaban J connectivity index is 1.97. The lowest BCUT2D eigenvalue weighted by Gasteiger charge is -2.28. The molecular formula is C20H20F3N3O2. The number of carbonyl (C=O) groups excluding carboxylic acids is 2. The topological polar surface area (TPSA) is 61.4 Å². The third-order valence-corrected chi connectivity index (χ3v) is 4.48. The number of amides is 2. The molecule has 0 fully saturated rings. The summed E-state index contributed by atoms with van der Waals surface area (Å²) >= 11 is 0. The molecule has 1 aliphatic heterocycles. The van der Waals surface area contributed by atoms with E-state index in [1.165, 1.54) is 18.2 Å². The number of likely N-dealkylation sites (N-methyl/N-ethyl adjacent to an activating group) is 1. The fraction of sp³-hybridized carbons (Fsp3) is 0.300. The van der Waals surface area contributed by atoms with Crippen molar-refractivity contribution in [2.75, 3.05) is 31.3 Å². The van der Waals surface area contributed by atoms with Crippen LogP contribution < -0.4 is 10.6 Å². The van der Waals surface area contributed by atoms with Gasteiger partial charge in [0.2, 0.25) is 11.8 Å². The van der Waals surface area contributed by atoms with Gasteiger partial charge in [-0.1, -0.05) is 24.3 Å². The van der Waals surface area contributed by atoms with Gasteiger partial charge in [0.15, 0.2) is 0 Å². The van der Waals surface area contributed by atoms with E-state index in [1.807, 2.05) is 0 Å². The first-order valence-electron chi connectivity index (χ1n) is 8.69. The first-order chi connectivity index (χ1) is 13.1. The van der Waals surface area contributed by atoms with Crippen LogP contribution in [0.4, 0.5) is 24.5 Å². The largest absolute Gasteiger partial charge is 0.416 e. The van der Waals surface area contributed by atoms with E-state index in [1.54, 1.807) is 37.2 Å². The van der Waals surface area contributed by atoms with Crippen LogP contribution in [0.5, 0.6) is 0 Å². The van der Waals surface area contributed by atoms with Crippen molar-refractivity contribution in [2.24, 2.45) is 0 Å². The number of anilines is 2. The Hall–Kier alpha value is -2.87. The van der Waals surface area contributed by atoms with E-state index in [0.29, 0.717) is 16.9 Å². The maximum Gasteiger partial charge on any atom is 0.416 e. The molecule has 1 heterocycles. The highest BCUT2D eigenvalue weighted by atomic mass is 19.4. The zero-order chi connectivity index (χ0) is 20.5. The van der Waals surface area contributed by atoms with Gasteiger partial charge in [0.05, 0.1) is 12.1 Å². The lowest BCUT2D eigenvalue weighted by atomic mass is 9.82. The van der Waals surface area contributed by atoms with E-state index in [9.17, 15) is 22.8 Å². The Kier molecular flexibility index (Phi) is 5.42. The Bertz CT molecular complexity index is 910. The van der Waals surface area contributed by atoms with Gasteiger partial charge in [-0.05, 0) is 43.4 Å². The average Bonchev–Trinajstić information content (AvgIpc) is 2.59. The summed E-state index contributed by atoms with van der Waals surface area (Å²) in [6, 6.07) is 10.2. The maximum atomic E-state index is 13.4. The van der Waals surface area contributed by atoms with E-state index >= 15 is 0 Å². The fourth-order valence-corrected chi connectivity index (χ4v) is 3.37. The standard InChI is InChI=1S/C20H20F3N3O2/c1-26(2)11-19(28)24-12-7-8-14-15(10-18(27)25-17(14)9-12)13-5-3-4-6-16(13)20(21,22)23/h3-9,15H,10-11H2,1-2H3,(H,24,28)(H,25,27). The highest BCUT2D eigenvalue weighted by Gasteiger charge is 2.37. The number of nitrogens with one attached hydrogen (secondary N) is 2. The normalized spacial score (nSPS) is 16.5. The van der Waals surface area contributed by atoms with E-state index in [2.05, 4.69) is 10.6 Å². The van der Waals surface area contributed by atoms with Crippen LogP contribution in [-0.2, 0) is 15.8 Å². The van der Waals surface area contributed by atoms with E-state index < -0.39 is 17.7 Å². The molecule has 1 atom stereocenters. The summed E-state index contributed by atoms with van der Waals surface area (Å²) in [5.74, 6) is -1.31. The number of alkyl halides is 3. The van der Waals surface area contributed by atoms with Crippen LogP contribution in [0.3, 0.4) is 0 Å². The number of hydrogen-bond donors (Lipinski definition) is 2. The minimum Gasteiger partial charge on any atom is -0.326 e. The number of hydrogen-bond acceptors (Lipinski definition) is 3. The molecule has 2 amide bonds. The molecule has 1 unspecified atom stereocenters. The van der Waals surface area contributed by atoms with Crippen molar-refractivity contribution in [1.29, 1.82) is 0 Å². The van der Waals surface area contributed by atoms with Gasteiger partial charge in [0.1, 0.15) is 0 Å². The van der Waals surface area contributed by atoms with E-state index in [-0.39, 0.29) is 30.3 Å². The van der Waals surface area contributed by atoms with Crippen molar-refractivity contribution in [1.82, 2.24) is 4.90 Å². The number of rotatable bonds is 4. The van der Waals surface area contributed by atoms with Gasteiger partial charge in [0.25, 0.3) is 0 Å². The molecule has 0 bridgehead atoms. The lowest BCUT2D eigenvalue weighted by Crippen LogP contribution is -2.28. The fourth-order valence-electron chi connectivity index (χ4n) is 3.37. The molecule has 148 valence electrons. The molecule has 0 saturated heterocycles. The van der Waals surface area contributed by atoms with Gasteiger partial charge >= 0.3 is 6.18 Å². The molecule has 5 nitrogen and oxygen atoms in total. The summed E-state index contributed by atoms with van der Waals surface area (Å²) in [6.07, 6.45) is -4.59. The molecule has 0 aromatic heterocycles. The molecule has 1 aliphatic rings. The van der Waals surface area contributed by atoms with Gasteiger partial charge in [-0.25, -0.2) is 0 Å². The molecule has 3 rings (SSSR count). The summed E-state index contributed by atoms with van der Waals surface area (Å²) in [5.41, 5.74) is 0.776. The Morgan fingerprint density at radius 3 is 2.57 bits per heavy atom. The summed E-state index contributed by atoms with van der Waals surface area (Å²) in [4.78, 5) is 25.8. The second-order valence-electron chi connectivity index (χ2n) is 6.98. The molecular weight excluding hydrogens is 371 g/mol. The van der Waals surface area contributed by atoms with Gasteiger partial charge < -0.3 is 15.5 Å². The van der Waals surface area contributed by atoms with Crippen molar-refractivity contribution in [3.63, 3.8) is 0 Å². The van der Waals surface area contributed by atoms with Crippen LogP contribution in [0.1, 0.15) is 29.0 Å². The molecule has 2 N–H and O–H groups in total. The first kappa shape index (κ1) is 19.9. The van der Waals surface area contributed by atoms with Crippen molar-refractivity contribution in [2.45, 2.75) is 18.5 Å². The highest BCUT2D eigenvalue weighted by Crippen LogP contribution is 2.43. The second-order valence-corrected chi connectivity index (χ2v) is 6.98. The zero-order valence-corrected chi connectivity index (χ0v) is 15.4. The minimum atomic E-state index is -4.51. The van der Waals surface area contributed by atoms with Crippen molar-refractivity contribution >= 4 is 23.2 Å².